The Bertz CT molecular complexity index is 563. The molecule has 0 fully saturated rings. The van der Waals surface area contributed by atoms with Crippen molar-refractivity contribution in [3.63, 3.8) is 0 Å². The first kappa shape index (κ1) is 10.5. The Morgan fingerprint density at radius 1 is 1.38 bits per heavy atom. The number of alkyl halides is 3. The quantitative estimate of drug-likeness (QED) is 0.748. The molecule has 2 rings (SSSR count). The zero-order valence-electron chi connectivity index (χ0n) is 7.99. The van der Waals surface area contributed by atoms with E-state index in [1.165, 1.54) is 17.0 Å². The number of nitriles is 1. The van der Waals surface area contributed by atoms with Crippen LogP contribution in [-0.2, 0) is 12.7 Å². The van der Waals surface area contributed by atoms with Gasteiger partial charge in [0.25, 0.3) is 0 Å². The molecule has 0 bridgehead atoms. The van der Waals surface area contributed by atoms with E-state index in [0.717, 1.165) is 12.1 Å². The summed E-state index contributed by atoms with van der Waals surface area (Å²) in [6.07, 6.45) is -3.02. The number of rotatable bonds is 1. The van der Waals surface area contributed by atoms with Crippen LogP contribution in [0, 0.1) is 11.3 Å². The highest BCUT2D eigenvalue weighted by Crippen LogP contribution is 2.31. The van der Waals surface area contributed by atoms with Gasteiger partial charge in [0, 0.05) is 0 Å². The maximum Gasteiger partial charge on any atom is 0.416 e. The summed E-state index contributed by atoms with van der Waals surface area (Å²) in [5.41, 5.74) is 0.0271. The number of fused-ring (bicyclic) bond motifs is 1. The largest absolute Gasteiger partial charge is 0.416 e. The van der Waals surface area contributed by atoms with E-state index in [1.807, 2.05) is 6.07 Å². The monoisotopic (exact) mass is 225 g/mol. The Hall–Kier alpha value is -2.03. The molecule has 0 N–H and O–H groups in total. The number of hydrogen-bond acceptors (Lipinski definition) is 2. The number of nitrogens with zero attached hydrogens (tertiary/aromatic N) is 3. The summed E-state index contributed by atoms with van der Waals surface area (Å²) in [4.78, 5) is 3.90. The van der Waals surface area contributed by atoms with Crippen LogP contribution in [0.5, 0.6) is 0 Å². The van der Waals surface area contributed by atoms with Crippen molar-refractivity contribution in [2.24, 2.45) is 0 Å². The van der Waals surface area contributed by atoms with Gasteiger partial charge in [-0.1, -0.05) is 0 Å². The fraction of sp³-hybridized carbons (Fsp3) is 0.200. The summed E-state index contributed by atoms with van der Waals surface area (Å²) in [6.45, 7) is -0.0161. The van der Waals surface area contributed by atoms with Crippen LogP contribution in [0.15, 0.2) is 24.5 Å². The highest BCUT2D eigenvalue weighted by molar-refractivity contribution is 5.76. The molecule has 0 atom stereocenters. The average Bonchev–Trinajstić information content (AvgIpc) is 2.60. The minimum absolute atomic E-state index is 0.0161. The topological polar surface area (TPSA) is 41.6 Å². The molecule has 2 aromatic rings. The van der Waals surface area contributed by atoms with Crippen LogP contribution in [0.3, 0.4) is 0 Å². The van der Waals surface area contributed by atoms with Gasteiger partial charge in [0.1, 0.15) is 6.54 Å². The molecule has 0 spiro atoms. The van der Waals surface area contributed by atoms with Crippen LogP contribution in [0.4, 0.5) is 13.2 Å². The van der Waals surface area contributed by atoms with E-state index in [0.29, 0.717) is 11.0 Å². The summed E-state index contributed by atoms with van der Waals surface area (Å²) >= 11 is 0. The first-order valence-corrected chi connectivity index (χ1v) is 4.41. The van der Waals surface area contributed by atoms with E-state index in [4.69, 9.17) is 5.26 Å². The second-order valence-electron chi connectivity index (χ2n) is 3.23. The second-order valence-corrected chi connectivity index (χ2v) is 3.23. The molecule has 0 saturated heterocycles. The maximum absolute atomic E-state index is 12.4. The van der Waals surface area contributed by atoms with E-state index >= 15 is 0 Å². The van der Waals surface area contributed by atoms with Crippen LogP contribution in [0.25, 0.3) is 11.0 Å². The highest BCUT2D eigenvalue weighted by atomic mass is 19.4. The summed E-state index contributed by atoms with van der Waals surface area (Å²) in [5.74, 6) is 0. The van der Waals surface area contributed by atoms with Crippen molar-refractivity contribution in [1.82, 2.24) is 9.55 Å². The Balaban J connectivity index is 2.60. The molecule has 0 aliphatic rings. The van der Waals surface area contributed by atoms with E-state index < -0.39 is 11.7 Å². The number of hydrogen-bond donors (Lipinski definition) is 0. The van der Waals surface area contributed by atoms with Crippen molar-refractivity contribution in [2.45, 2.75) is 12.7 Å². The zero-order chi connectivity index (χ0) is 11.8. The molecule has 82 valence electrons. The molecular weight excluding hydrogens is 219 g/mol. The van der Waals surface area contributed by atoms with Crippen LogP contribution >= 0.6 is 0 Å². The van der Waals surface area contributed by atoms with Crippen LogP contribution in [0.1, 0.15) is 5.56 Å². The van der Waals surface area contributed by atoms with Gasteiger partial charge in [-0.25, -0.2) is 4.98 Å². The van der Waals surface area contributed by atoms with Gasteiger partial charge in [-0.15, -0.1) is 0 Å². The van der Waals surface area contributed by atoms with Crippen molar-refractivity contribution >= 4 is 11.0 Å². The summed E-state index contributed by atoms with van der Waals surface area (Å²) in [7, 11) is 0. The van der Waals surface area contributed by atoms with Crippen molar-refractivity contribution in [1.29, 1.82) is 5.26 Å². The van der Waals surface area contributed by atoms with Gasteiger partial charge in [-0.05, 0) is 18.2 Å². The Kier molecular flexibility index (Phi) is 2.31. The van der Waals surface area contributed by atoms with Crippen LogP contribution in [0.2, 0.25) is 0 Å². The molecule has 1 heterocycles. The van der Waals surface area contributed by atoms with E-state index in [9.17, 15) is 13.2 Å². The van der Waals surface area contributed by atoms with Gasteiger partial charge in [-0.3, -0.25) is 0 Å². The third kappa shape index (κ3) is 1.72. The van der Waals surface area contributed by atoms with Gasteiger partial charge < -0.3 is 4.57 Å². The van der Waals surface area contributed by atoms with Gasteiger partial charge in [0.2, 0.25) is 0 Å². The predicted octanol–water partition coefficient (Wildman–Crippen LogP) is 2.58. The predicted molar refractivity (Wildman–Crippen MR) is 50.3 cm³/mol. The van der Waals surface area contributed by atoms with Crippen molar-refractivity contribution in [3.8, 4) is 6.07 Å². The molecular formula is C10H6F3N3. The fourth-order valence-corrected chi connectivity index (χ4v) is 1.44. The molecule has 0 radical (unpaired) electrons. The average molecular weight is 225 g/mol. The molecule has 3 nitrogen and oxygen atoms in total. The minimum Gasteiger partial charge on any atom is -0.317 e. The Morgan fingerprint density at radius 3 is 2.75 bits per heavy atom. The highest BCUT2D eigenvalue weighted by Gasteiger charge is 2.30. The number of aromatic nitrogens is 2. The third-order valence-corrected chi connectivity index (χ3v) is 2.19. The van der Waals surface area contributed by atoms with Gasteiger partial charge in [0.05, 0.1) is 29.0 Å². The molecule has 0 aliphatic carbocycles. The first-order valence-electron chi connectivity index (χ1n) is 4.41. The van der Waals surface area contributed by atoms with Crippen molar-refractivity contribution < 1.29 is 13.2 Å². The van der Waals surface area contributed by atoms with E-state index in [2.05, 4.69) is 4.98 Å². The normalized spacial score (nSPS) is 11.6. The number of halogens is 3. The second kappa shape index (κ2) is 3.52. The van der Waals surface area contributed by atoms with Gasteiger partial charge in [0.15, 0.2) is 0 Å². The third-order valence-electron chi connectivity index (χ3n) is 2.19. The first-order chi connectivity index (χ1) is 7.52. The molecule has 6 heteroatoms. The molecule has 0 unspecified atom stereocenters. The lowest BCUT2D eigenvalue weighted by molar-refractivity contribution is -0.137. The molecule has 0 saturated carbocycles. The van der Waals surface area contributed by atoms with E-state index in [-0.39, 0.29) is 6.54 Å². The van der Waals surface area contributed by atoms with Crippen molar-refractivity contribution in [2.75, 3.05) is 0 Å². The number of imidazole rings is 1. The summed E-state index contributed by atoms with van der Waals surface area (Å²) in [5, 5.41) is 8.51. The summed E-state index contributed by atoms with van der Waals surface area (Å²) in [6, 6.07) is 5.14. The molecule has 1 aromatic carbocycles. The Labute approximate surface area is 88.7 Å². The standard InChI is InChI=1S/C10H6F3N3/c11-10(12,13)7-1-2-8-9(5-7)16(4-3-14)6-15-8/h1-2,5-6H,4H2. The SMILES string of the molecule is N#CCn1cnc2ccc(C(F)(F)F)cc21. The summed E-state index contributed by atoms with van der Waals surface area (Å²) < 4.78 is 38.7. The minimum atomic E-state index is -4.38. The van der Waals surface area contributed by atoms with Gasteiger partial charge >= 0.3 is 6.18 Å². The van der Waals surface area contributed by atoms with Crippen LogP contribution in [-0.4, -0.2) is 9.55 Å². The lowest BCUT2D eigenvalue weighted by Crippen LogP contribution is -2.05. The smallest absolute Gasteiger partial charge is 0.317 e. The lowest BCUT2D eigenvalue weighted by atomic mass is 10.2. The Morgan fingerprint density at radius 2 is 2.12 bits per heavy atom. The zero-order valence-corrected chi connectivity index (χ0v) is 7.99. The molecule has 16 heavy (non-hydrogen) atoms. The van der Waals surface area contributed by atoms with E-state index in [1.54, 1.807) is 0 Å². The van der Waals surface area contributed by atoms with Crippen molar-refractivity contribution in [3.05, 3.63) is 30.1 Å². The molecule has 1 aromatic heterocycles. The molecule has 0 aliphatic heterocycles. The lowest BCUT2D eigenvalue weighted by Gasteiger charge is -2.06. The van der Waals surface area contributed by atoms with Gasteiger partial charge in [-0.2, -0.15) is 18.4 Å². The van der Waals surface area contributed by atoms with Crippen LogP contribution < -0.4 is 0 Å². The fourth-order valence-electron chi connectivity index (χ4n) is 1.44. The maximum atomic E-state index is 12.4. The number of benzene rings is 1. The molecule has 0 amide bonds.